The Hall–Kier alpha value is -2.67. The van der Waals surface area contributed by atoms with Crippen molar-refractivity contribution in [2.75, 3.05) is 12.8 Å². The number of ether oxygens (including phenoxy) is 1. The van der Waals surface area contributed by atoms with Gasteiger partial charge in [-0.3, -0.25) is 9.59 Å². The molecule has 0 amide bonds. The first kappa shape index (κ1) is 15.2. The molecule has 0 unspecified atom stereocenters. The van der Waals surface area contributed by atoms with E-state index in [0.29, 0.717) is 22.3 Å². The molecule has 0 aliphatic rings. The lowest BCUT2D eigenvalue weighted by atomic mass is 10.1. The number of Topliss-reactive ketones (excluding diaryl/α,β-unsaturated/α-hetero) is 1. The number of fused-ring (bicyclic) bond motifs is 1. The summed E-state index contributed by atoms with van der Waals surface area (Å²) >= 11 is 1.25. The van der Waals surface area contributed by atoms with Gasteiger partial charge in [0.15, 0.2) is 11.6 Å². The quantitative estimate of drug-likeness (QED) is 0.700. The average Bonchev–Trinajstić information content (AvgIpc) is 2.94. The molecule has 2 heterocycles. The van der Waals surface area contributed by atoms with Gasteiger partial charge in [0.25, 0.3) is 5.56 Å². The van der Waals surface area contributed by atoms with Gasteiger partial charge in [-0.05, 0) is 24.1 Å². The lowest BCUT2D eigenvalue weighted by molar-refractivity contribution is 0.0973. The normalized spacial score (nSPS) is 10.8. The van der Waals surface area contributed by atoms with Gasteiger partial charge < -0.3 is 15.5 Å². The van der Waals surface area contributed by atoms with Gasteiger partial charge in [-0.15, -0.1) is 11.3 Å². The standard InChI is InChI=1S/C16H15N3O3S/c1-22-10-4-2-3-9(7-10)5-6-12(20)14-18-15(21)13-11(17)8-23-16(13)19-14/h2-4,7-8H,5-6,17H2,1H3,(H,18,19,21). The monoisotopic (exact) mass is 329 g/mol. The zero-order chi connectivity index (χ0) is 16.4. The van der Waals surface area contributed by atoms with E-state index in [1.807, 2.05) is 24.3 Å². The van der Waals surface area contributed by atoms with Gasteiger partial charge in [0.05, 0.1) is 18.2 Å². The number of nitrogen functional groups attached to an aromatic ring is 1. The van der Waals surface area contributed by atoms with E-state index in [9.17, 15) is 9.59 Å². The van der Waals surface area contributed by atoms with Crippen LogP contribution >= 0.6 is 11.3 Å². The molecular weight excluding hydrogens is 314 g/mol. The van der Waals surface area contributed by atoms with Crippen LogP contribution in [0.3, 0.4) is 0 Å². The van der Waals surface area contributed by atoms with Gasteiger partial charge in [0.1, 0.15) is 10.6 Å². The first-order valence-electron chi connectivity index (χ1n) is 7.01. The number of anilines is 1. The van der Waals surface area contributed by atoms with Crippen LogP contribution in [-0.4, -0.2) is 22.9 Å². The second-order valence-corrected chi connectivity index (χ2v) is 5.92. The van der Waals surface area contributed by atoms with Crippen LogP contribution in [0.5, 0.6) is 5.75 Å². The van der Waals surface area contributed by atoms with Crippen LogP contribution in [0.1, 0.15) is 22.6 Å². The van der Waals surface area contributed by atoms with Crippen LogP contribution in [0.2, 0.25) is 0 Å². The van der Waals surface area contributed by atoms with Crippen LogP contribution in [-0.2, 0) is 6.42 Å². The number of benzene rings is 1. The fourth-order valence-corrected chi connectivity index (χ4v) is 3.14. The van der Waals surface area contributed by atoms with E-state index in [4.69, 9.17) is 10.5 Å². The van der Waals surface area contributed by atoms with Gasteiger partial charge in [0.2, 0.25) is 0 Å². The van der Waals surface area contributed by atoms with Crippen molar-refractivity contribution in [2.45, 2.75) is 12.8 Å². The van der Waals surface area contributed by atoms with Gasteiger partial charge in [-0.25, -0.2) is 4.98 Å². The van der Waals surface area contributed by atoms with Crippen LogP contribution in [0.15, 0.2) is 34.4 Å². The summed E-state index contributed by atoms with van der Waals surface area (Å²) in [5.41, 5.74) is 6.71. The molecule has 0 spiro atoms. The van der Waals surface area contributed by atoms with Gasteiger partial charge >= 0.3 is 0 Å². The maximum Gasteiger partial charge on any atom is 0.262 e. The lowest BCUT2D eigenvalue weighted by Crippen LogP contribution is -2.16. The fourth-order valence-electron chi connectivity index (χ4n) is 2.31. The Balaban J connectivity index is 1.79. The van der Waals surface area contributed by atoms with Crippen molar-refractivity contribution in [1.82, 2.24) is 9.97 Å². The second kappa shape index (κ2) is 6.21. The van der Waals surface area contributed by atoms with E-state index >= 15 is 0 Å². The predicted octanol–water partition coefficient (Wildman–Crippen LogP) is 2.39. The molecule has 3 rings (SSSR count). The third-order valence-corrected chi connectivity index (χ3v) is 4.40. The SMILES string of the molecule is COc1cccc(CCC(=O)c2nc3scc(N)c3c(=O)[nH]2)c1. The average molecular weight is 329 g/mol. The third-order valence-electron chi connectivity index (χ3n) is 3.51. The highest BCUT2D eigenvalue weighted by molar-refractivity contribution is 7.17. The first-order valence-corrected chi connectivity index (χ1v) is 7.89. The number of methoxy groups -OCH3 is 1. The molecule has 0 radical (unpaired) electrons. The Morgan fingerprint density at radius 3 is 3.04 bits per heavy atom. The lowest BCUT2D eigenvalue weighted by Gasteiger charge is -2.04. The van der Waals surface area contributed by atoms with E-state index < -0.39 is 0 Å². The number of nitrogens with two attached hydrogens (primary N) is 1. The number of nitrogens with one attached hydrogen (secondary N) is 1. The van der Waals surface area contributed by atoms with Gasteiger partial charge in [-0.2, -0.15) is 0 Å². The van der Waals surface area contributed by atoms with Crippen LogP contribution in [0.25, 0.3) is 10.2 Å². The number of H-pyrrole nitrogens is 1. The molecule has 0 atom stereocenters. The van der Waals surface area contributed by atoms with Gasteiger partial charge in [0, 0.05) is 11.8 Å². The van der Waals surface area contributed by atoms with E-state index in [-0.39, 0.29) is 23.6 Å². The highest BCUT2D eigenvalue weighted by atomic mass is 32.1. The zero-order valence-electron chi connectivity index (χ0n) is 12.5. The Morgan fingerprint density at radius 2 is 2.26 bits per heavy atom. The zero-order valence-corrected chi connectivity index (χ0v) is 13.3. The number of carbonyl (C=O) groups excluding carboxylic acids is 1. The summed E-state index contributed by atoms with van der Waals surface area (Å²) in [6, 6.07) is 7.53. The van der Waals surface area contributed by atoms with Crippen LogP contribution in [0.4, 0.5) is 5.69 Å². The Bertz CT molecular complexity index is 930. The molecule has 3 aromatic rings. The molecule has 0 saturated carbocycles. The number of thiophene rings is 1. The Labute approximate surface area is 135 Å². The maximum atomic E-state index is 12.3. The van der Waals surface area contributed by atoms with E-state index in [1.165, 1.54) is 11.3 Å². The molecule has 0 aliphatic carbocycles. The topological polar surface area (TPSA) is 98.1 Å². The smallest absolute Gasteiger partial charge is 0.262 e. The summed E-state index contributed by atoms with van der Waals surface area (Å²) in [5.74, 6) is 0.614. The molecular formula is C16H15N3O3S. The Kier molecular flexibility index (Phi) is 4.12. The third kappa shape index (κ3) is 3.09. The summed E-state index contributed by atoms with van der Waals surface area (Å²) < 4.78 is 5.16. The molecule has 118 valence electrons. The number of aryl methyl sites for hydroxylation is 1. The number of nitrogens with zero attached hydrogens (tertiary/aromatic N) is 1. The minimum atomic E-state index is -0.376. The van der Waals surface area contributed by atoms with E-state index in [0.717, 1.165) is 11.3 Å². The van der Waals surface area contributed by atoms with Crippen LogP contribution < -0.4 is 16.0 Å². The predicted molar refractivity (Wildman–Crippen MR) is 90.3 cm³/mol. The molecule has 3 N–H and O–H groups in total. The summed E-state index contributed by atoms with van der Waals surface area (Å²) in [4.78, 5) is 31.5. The number of hydrogen-bond donors (Lipinski definition) is 2. The largest absolute Gasteiger partial charge is 0.497 e. The van der Waals surface area contributed by atoms with Crippen molar-refractivity contribution >= 4 is 33.0 Å². The molecule has 6 nitrogen and oxygen atoms in total. The molecule has 2 aromatic heterocycles. The molecule has 23 heavy (non-hydrogen) atoms. The number of aromatic amines is 1. The molecule has 0 aliphatic heterocycles. The number of aromatic nitrogens is 2. The number of hydrogen-bond acceptors (Lipinski definition) is 6. The molecule has 0 saturated heterocycles. The minimum absolute atomic E-state index is 0.0762. The summed E-state index contributed by atoms with van der Waals surface area (Å²) in [6.45, 7) is 0. The molecule has 0 fully saturated rings. The van der Waals surface area contributed by atoms with E-state index in [1.54, 1.807) is 12.5 Å². The number of carbonyl (C=O) groups is 1. The fraction of sp³-hybridized carbons (Fsp3) is 0.188. The van der Waals surface area contributed by atoms with Crippen molar-refractivity contribution in [3.63, 3.8) is 0 Å². The van der Waals surface area contributed by atoms with Crippen molar-refractivity contribution in [3.8, 4) is 5.75 Å². The van der Waals surface area contributed by atoms with Crippen molar-refractivity contribution in [2.24, 2.45) is 0 Å². The summed E-state index contributed by atoms with van der Waals surface area (Å²) in [6.07, 6.45) is 0.798. The second-order valence-electron chi connectivity index (χ2n) is 5.06. The molecule has 0 bridgehead atoms. The van der Waals surface area contributed by atoms with E-state index in [2.05, 4.69) is 9.97 Å². The Morgan fingerprint density at radius 1 is 1.43 bits per heavy atom. The molecule has 1 aromatic carbocycles. The van der Waals surface area contributed by atoms with Gasteiger partial charge in [-0.1, -0.05) is 12.1 Å². The number of rotatable bonds is 5. The highest BCUT2D eigenvalue weighted by Gasteiger charge is 2.14. The summed E-state index contributed by atoms with van der Waals surface area (Å²) in [5, 5.41) is 2.00. The highest BCUT2D eigenvalue weighted by Crippen LogP contribution is 2.22. The maximum absolute atomic E-state index is 12.3. The first-order chi connectivity index (χ1) is 11.1. The van der Waals surface area contributed by atoms with Crippen molar-refractivity contribution < 1.29 is 9.53 Å². The summed E-state index contributed by atoms with van der Waals surface area (Å²) in [7, 11) is 1.60. The number of ketones is 1. The molecule has 7 heteroatoms. The van der Waals surface area contributed by atoms with Crippen molar-refractivity contribution in [3.05, 3.63) is 51.4 Å². The van der Waals surface area contributed by atoms with Crippen molar-refractivity contribution in [1.29, 1.82) is 0 Å². The minimum Gasteiger partial charge on any atom is -0.497 e. The van der Waals surface area contributed by atoms with Crippen LogP contribution in [0, 0.1) is 0 Å².